The van der Waals surface area contributed by atoms with Gasteiger partial charge in [0.05, 0.1) is 6.61 Å². The van der Waals surface area contributed by atoms with Gasteiger partial charge in [-0.15, -0.1) is 0 Å². The van der Waals surface area contributed by atoms with Crippen LogP contribution in [0.25, 0.3) is 16.6 Å². The quantitative estimate of drug-likeness (QED) is 0.177. The molecule has 4 nitrogen and oxygen atoms in total. The first kappa shape index (κ1) is 23.3. The van der Waals surface area contributed by atoms with Crippen LogP contribution in [0, 0.1) is 0 Å². The summed E-state index contributed by atoms with van der Waals surface area (Å²) in [4.78, 5) is 16.0. The number of ketones is 1. The monoisotopic (exact) mass is 504 g/mol. The predicted molar refractivity (Wildman–Crippen MR) is 138 cm³/mol. The van der Waals surface area contributed by atoms with Crippen molar-refractivity contribution in [1.82, 2.24) is 9.30 Å². The SMILES string of the molecule is CCN(CC)CCCOc1ccc(C(=O)c2c(-c3ccc(Br)cc3)cc3ccccn23)cc1. The van der Waals surface area contributed by atoms with E-state index >= 15 is 0 Å². The highest BCUT2D eigenvalue weighted by molar-refractivity contribution is 9.10. The van der Waals surface area contributed by atoms with Crippen LogP contribution in [-0.2, 0) is 0 Å². The molecule has 4 aromatic rings. The van der Waals surface area contributed by atoms with Crippen molar-refractivity contribution >= 4 is 27.2 Å². The molecule has 170 valence electrons. The van der Waals surface area contributed by atoms with Gasteiger partial charge < -0.3 is 14.0 Å². The molecule has 0 fully saturated rings. The second-order valence-corrected chi connectivity index (χ2v) is 8.91. The molecule has 4 rings (SSSR count). The minimum absolute atomic E-state index is 0.00722. The van der Waals surface area contributed by atoms with E-state index in [0.29, 0.717) is 17.9 Å². The number of benzene rings is 2. The van der Waals surface area contributed by atoms with E-state index in [1.165, 1.54) is 0 Å². The van der Waals surface area contributed by atoms with Gasteiger partial charge in [-0.1, -0.05) is 48.0 Å². The Labute approximate surface area is 203 Å². The molecule has 0 radical (unpaired) electrons. The molecule has 0 bridgehead atoms. The molecule has 0 unspecified atom stereocenters. The summed E-state index contributed by atoms with van der Waals surface area (Å²) >= 11 is 3.49. The van der Waals surface area contributed by atoms with Crippen LogP contribution in [0.15, 0.2) is 83.5 Å². The van der Waals surface area contributed by atoms with E-state index in [1.54, 1.807) is 0 Å². The number of carbonyl (C=O) groups excluding carboxylic acids is 1. The van der Waals surface area contributed by atoms with Gasteiger partial charge in [0.15, 0.2) is 0 Å². The van der Waals surface area contributed by atoms with E-state index < -0.39 is 0 Å². The number of nitrogens with zero attached hydrogens (tertiary/aromatic N) is 2. The van der Waals surface area contributed by atoms with Crippen LogP contribution >= 0.6 is 15.9 Å². The van der Waals surface area contributed by atoms with E-state index in [4.69, 9.17) is 4.74 Å². The Bertz CT molecular complexity index is 1210. The molecule has 33 heavy (non-hydrogen) atoms. The summed E-state index contributed by atoms with van der Waals surface area (Å²) in [7, 11) is 0. The summed E-state index contributed by atoms with van der Waals surface area (Å²) in [6.07, 6.45) is 2.92. The standard InChI is InChI=1S/C28H29BrN2O2/c1-3-30(4-2)17-7-19-33-25-15-11-22(12-16-25)28(32)27-26(21-9-13-23(29)14-10-21)20-24-8-5-6-18-31(24)27/h5-6,8-16,18,20H,3-4,7,17,19H2,1-2H3. The van der Waals surface area contributed by atoms with Gasteiger partial charge in [-0.05, 0) is 79.7 Å². The summed E-state index contributed by atoms with van der Waals surface area (Å²) in [6, 6.07) is 23.6. The molecule has 2 heterocycles. The molecule has 0 saturated carbocycles. The second kappa shape index (κ2) is 10.8. The summed E-state index contributed by atoms with van der Waals surface area (Å²) in [6.45, 7) is 8.17. The number of halogens is 1. The first-order valence-corrected chi connectivity index (χ1v) is 12.3. The van der Waals surface area contributed by atoms with Crippen molar-refractivity contribution in [3.8, 4) is 16.9 Å². The first-order valence-electron chi connectivity index (χ1n) is 11.5. The number of rotatable bonds is 10. The van der Waals surface area contributed by atoms with Crippen LogP contribution in [0.4, 0.5) is 0 Å². The van der Waals surface area contributed by atoms with Crippen molar-refractivity contribution in [2.75, 3.05) is 26.2 Å². The van der Waals surface area contributed by atoms with Gasteiger partial charge in [0.2, 0.25) is 5.78 Å². The average molecular weight is 505 g/mol. The molecule has 0 aliphatic heterocycles. The first-order chi connectivity index (χ1) is 16.1. The van der Waals surface area contributed by atoms with E-state index in [1.807, 2.05) is 77.3 Å². The Hall–Kier alpha value is -2.89. The van der Waals surface area contributed by atoms with Crippen molar-refractivity contribution < 1.29 is 9.53 Å². The van der Waals surface area contributed by atoms with Crippen LogP contribution in [0.2, 0.25) is 0 Å². The van der Waals surface area contributed by atoms with E-state index in [2.05, 4.69) is 40.7 Å². The lowest BCUT2D eigenvalue weighted by Crippen LogP contribution is -2.25. The molecule has 0 spiro atoms. The van der Waals surface area contributed by atoms with Crippen molar-refractivity contribution in [2.45, 2.75) is 20.3 Å². The summed E-state index contributed by atoms with van der Waals surface area (Å²) < 4.78 is 8.88. The lowest BCUT2D eigenvalue weighted by Gasteiger charge is -2.17. The number of pyridine rings is 1. The molecular weight excluding hydrogens is 476 g/mol. The third-order valence-corrected chi connectivity index (χ3v) is 6.48. The van der Waals surface area contributed by atoms with E-state index in [-0.39, 0.29) is 5.78 Å². The molecule has 0 aliphatic rings. The Morgan fingerprint density at radius 1 is 0.970 bits per heavy atom. The summed E-state index contributed by atoms with van der Waals surface area (Å²) in [5, 5.41) is 0. The van der Waals surface area contributed by atoms with Gasteiger partial charge in [-0.2, -0.15) is 0 Å². The fourth-order valence-corrected chi connectivity index (χ4v) is 4.33. The van der Waals surface area contributed by atoms with Crippen molar-refractivity contribution in [3.63, 3.8) is 0 Å². The van der Waals surface area contributed by atoms with Crippen LogP contribution in [0.3, 0.4) is 0 Å². The van der Waals surface area contributed by atoms with Crippen LogP contribution in [-0.4, -0.2) is 41.3 Å². The van der Waals surface area contributed by atoms with Crippen molar-refractivity contribution in [2.24, 2.45) is 0 Å². The highest BCUT2D eigenvalue weighted by Crippen LogP contribution is 2.31. The van der Waals surface area contributed by atoms with Crippen molar-refractivity contribution in [1.29, 1.82) is 0 Å². The fourth-order valence-electron chi connectivity index (χ4n) is 4.06. The Morgan fingerprint density at radius 2 is 1.70 bits per heavy atom. The number of ether oxygens (including phenoxy) is 1. The summed E-state index contributed by atoms with van der Waals surface area (Å²) in [5.74, 6) is 0.784. The lowest BCUT2D eigenvalue weighted by atomic mass is 10.0. The maximum absolute atomic E-state index is 13.6. The van der Waals surface area contributed by atoms with E-state index in [9.17, 15) is 4.79 Å². The molecule has 0 aliphatic carbocycles. The van der Waals surface area contributed by atoms with Crippen LogP contribution < -0.4 is 4.74 Å². The van der Waals surface area contributed by atoms with Gasteiger partial charge in [-0.25, -0.2) is 0 Å². The molecule has 0 atom stereocenters. The molecule has 0 N–H and O–H groups in total. The highest BCUT2D eigenvalue weighted by Gasteiger charge is 2.20. The van der Waals surface area contributed by atoms with Gasteiger partial charge in [0, 0.05) is 33.9 Å². The maximum atomic E-state index is 13.6. The van der Waals surface area contributed by atoms with Crippen molar-refractivity contribution in [3.05, 3.63) is 94.7 Å². The topological polar surface area (TPSA) is 34.0 Å². The smallest absolute Gasteiger partial charge is 0.210 e. The number of aromatic nitrogens is 1. The third-order valence-electron chi connectivity index (χ3n) is 5.95. The van der Waals surface area contributed by atoms with Crippen LogP contribution in [0.5, 0.6) is 5.75 Å². The molecule has 5 heteroatoms. The average Bonchev–Trinajstić information content (AvgIpc) is 3.24. The molecule has 2 aromatic carbocycles. The zero-order chi connectivity index (χ0) is 23.2. The molecular formula is C28H29BrN2O2. The predicted octanol–water partition coefficient (Wildman–Crippen LogP) is 6.71. The number of fused-ring (bicyclic) bond motifs is 1. The minimum atomic E-state index is -0.00722. The maximum Gasteiger partial charge on any atom is 0.210 e. The van der Waals surface area contributed by atoms with Gasteiger partial charge >= 0.3 is 0 Å². The number of hydrogen-bond donors (Lipinski definition) is 0. The lowest BCUT2D eigenvalue weighted by molar-refractivity contribution is 0.103. The molecule has 0 saturated heterocycles. The third kappa shape index (κ3) is 5.37. The van der Waals surface area contributed by atoms with Gasteiger partial charge in [0.1, 0.15) is 11.4 Å². The minimum Gasteiger partial charge on any atom is -0.494 e. The summed E-state index contributed by atoms with van der Waals surface area (Å²) in [5.41, 5.74) is 4.24. The normalized spacial score (nSPS) is 11.3. The van der Waals surface area contributed by atoms with Gasteiger partial charge in [0.25, 0.3) is 0 Å². The zero-order valence-electron chi connectivity index (χ0n) is 19.1. The van der Waals surface area contributed by atoms with E-state index in [0.717, 1.165) is 52.9 Å². The largest absolute Gasteiger partial charge is 0.494 e. The molecule has 2 aromatic heterocycles. The number of carbonyl (C=O) groups is 1. The van der Waals surface area contributed by atoms with Crippen LogP contribution in [0.1, 0.15) is 36.3 Å². The Morgan fingerprint density at radius 3 is 2.39 bits per heavy atom. The zero-order valence-corrected chi connectivity index (χ0v) is 20.7. The fraction of sp³-hybridized carbons (Fsp3) is 0.250. The van der Waals surface area contributed by atoms with Gasteiger partial charge in [-0.3, -0.25) is 4.79 Å². The Kier molecular flexibility index (Phi) is 7.63. The Balaban J connectivity index is 1.55. The number of hydrogen-bond acceptors (Lipinski definition) is 3. The highest BCUT2D eigenvalue weighted by atomic mass is 79.9. The second-order valence-electron chi connectivity index (χ2n) is 7.99. The molecule has 0 amide bonds.